The number of primary amides is 1. The van der Waals surface area contributed by atoms with Gasteiger partial charge in [0.05, 0.1) is 25.1 Å². The first kappa shape index (κ1) is 15.2. The van der Waals surface area contributed by atoms with Crippen molar-refractivity contribution >= 4 is 16.8 Å². The van der Waals surface area contributed by atoms with E-state index in [9.17, 15) is 9.90 Å². The fourth-order valence-electron chi connectivity index (χ4n) is 2.74. The number of carbonyl (C=O) groups excluding carboxylic acids is 1. The van der Waals surface area contributed by atoms with Gasteiger partial charge < -0.3 is 15.8 Å². The lowest BCUT2D eigenvalue weighted by molar-refractivity contribution is -0.117. The van der Waals surface area contributed by atoms with E-state index in [1.54, 1.807) is 4.68 Å². The maximum atomic E-state index is 11.1. The Labute approximate surface area is 133 Å². The predicted molar refractivity (Wildman–Crippen MR) is 86.8 cm³/mol. The SMILES string of the molecule is Cc1[nH]c2c(-c3nc(CC(N)=O)nn3CCO)cccc2c1C. The van der Waals surface area contributed by atoms with E-state index in [-0.39, 0.29) is 13.0 Å². The van der Waals surface area contributed by atoms with Gasteiger partial charge in [-0.15, -0.1) is 0 Å². The van der Waals surface area contributed by atoms with E-state index < -0.39 is 5.91 Å². The molecule has 0 spiro atoms. The summed E-state index contributed by atoms with van der Waals surface area (Å²) < 4.78 is 1.61. The number of aromatic amines is 1. The number of nitrogens with zero attached hydrogens (tertiary/aromatic N) is 3. The van der Waals surface area contributed by atoms with E-state index >= 15 is 0 Å². The van der Waals surface area contributed by atoms with Gasteiger partial charge >= 0.3 is 0 Å². The molecule has 0 bridgehead atoms. The molecule has 23 heavy (non-hydrogen) atoms. The Morgan fingerprint density at radius 2 is 2.17 bits per heavy atom. The summed E-state index contributed by atoms with van der Waals surface area (Å²) in [6.45, 7) is 4.33. The summed E-state index contributed by atoms with van der Waals surface area (Å²) in [5.74, 6) is 0.488. The van der Waals surface area contributed by atoms with Crippen molar-refractivity contribution in [1.29, 1.82) is 0 Å². The van der Waals surface area contributed by atoms with Crippen LogP contribution < -0.4 is 5.73 Å². The Balaban J connectivity index is 2.19. The van der Waals surface area contributed by atoms with Crippen LogP contribution in [-0.4, -0.2) is 37.4 Å². The Morgan fingerprint density at radius 1 is 1.39 bits per heavy atom. The van der Waals surface area contributed by atoms with E-state index in [4.69, 9.17) is 5.73 Å². The fourth-order valence-corrected chi connectivity index (χ4v) is 2.74. The van der Waals surface area contributed by atoms with Gasteiger partial charge in [0, 0.05) is 16.6 Å². The molecule has 1 aromatic carbocycles. The number of rotatable bonds is 5. The van der Waals surface area contributed by atoms with E-state index in [1.165, 1.54) is 5.56 Å². The summed E-state index contributed by atoms with van der Waals surface area (Å²) >= 11 is 0. The lowest BCUT2D eigenvalue weighted by Crippen LogP contribution is -2.15. The van der Waals surface area contributed by atoms with Crippen LogP contribution in [0.3, 0.4) is 0 Å². The molecule has 2 heterocycles. The van der Waals surface area contributed by atoms with Crippen molar-refractivity contribution in [3.63, 3.8) is 0 Å². The minimum Gasteiger partial charge on any atom is -0.394 e. The van der Waals surface area contributed by atoms with Crippen LogP contribution in [-0.2, 0) is 17.8 Å². The molecule has 0 aliphatic rings. The minimum atomic E-state index is -0.484. The van der Waals surface area contributed by atoms with Crippen molar-refractivity contribution in [1.82, 2.24) is 19.7 Å². The van der Waals surface area contributed by atoms with Crippen LogP contribution in [0.2, 0.25) is 0 Å². The average Bonchev–Trinajstić information content (AvgIpc) is 3.01. The molecule has 0 fully saturated rings. The normalized spacial score (nSPS) is 11.3. The molecule has 3 aromatic rings. The van der Waals surface area contributed by atoms with Gasteiger partial charge in [-0.3, -0.25) is 4.79 Å². The summed E-state index contributed by atoms with van der Waals surface area (Å²) in [6.07, 6.45) is -0.0236. The van der Waals surface area contributed by atoms with E-state index in [0.29, 0.717) is 18.2 Å². The van der Waals surface area contributed by atoms with Crippen molar-refractivity contribution in [2.24, 2.45) is 5.73 Å². The maximum absolute atomic E-state index is 11.1. The minimum absolute atomic E-state index is 0.0236. The van der Waals surface area contributed by atoms with Gasteiger partial charge in [0.2, 0.25) is 5.91 Å². The summed E-state index contributed by atoms with van der Waals surface area (Å²) in [5.41, 5.74) is 9.37. The van der Waals surface area contributed by atoms with Crippen molar-refractivity contribution < 1.29 is 9.90 Å². The lowest BCUT2D eigenvalue weighted by Gasteiger charge is -2.05. The molecule has 0 saturated heterocycles. The van der Waals surface area contributed by atoms with E-state index in [0.717, 1.165) is 22.2 Å². The second kappa shape index (κ2) is 5.85. The predicted octanol–water partition coefficient (Wildman–Crippen LogP) is 1.06. The highest BCUT2D eigenvalue weighted by Gasteiger charge is 2.17. The number of hydrogen-bond acceptors (Lipinski definition) is 4. The number of fused-ring (bicyclic) bond motifs is 1. The van der Waals surface area contributed by atoms with Crippen LogP contribution in [0.4, 0.5) is 0 Å². The van der Waals surface area contributed by atoms with Crippen LogP contribution in [0.5, 0.6) is 0 Å². The van der Waals surface area contributed by atoms with Gasteiger partial charge in [0.15, 0.2) is 11.6 Å². The Hall–Kier alpha value is -2.67. The van der Waals surface area contributed by atoms with Crippen LogP contribution in [0.15, 0.2) is 18.2 Å². The molecule has 3 rings (SSSR count). The molecule has 0 aliphatic carbocycles. The molecule has 7 nitrogen and oxygen atoms in total. The zero-order chi connectivity index (χ0) is 16.6. The monoisotopic (exact) mass is 313 g/mol. The van der Waals surface area contributed by atoms with Gasteiger partial charge in [-0.05, 0) is 25.5 Å². The highest BCUT2D eigenvalue weighted by molar-refractivity contribution is 5.95. The van der Waals surface area contributed by atoms with Gasteiger partial charge in [-0.2, -0.15) is 5.10 Å². The number of hydrogen-bond donors (Lipinski definition) is 3. The second-order valence-corrected chi connectivity index (χ2v) is 5.54. The molecule has 1 amide bonds. The molecule has 0 atom stereocenters. The molecule has 0 unspecified atom stereocenters. The highest BCUT2D eigenvalue weighted by Crippen LogP contribution is 2.30. The molecule has 120 valence electrons. The zero-order valence-electron chi connectivity index (χ0n) is 13.1. The number of amides is 1. The van der Waals surface area contributed by atoms with E-state index in [2.05, 4.69) is 28.1 Å². The van der Waals surface area contributed by atoms with Crippen molar-refractivity contribution in [2.75, 3.05) is 6.61 Å². The Bertz CT molecular complexity index is 878. The molecular formula is C16H19N5O2. The third kappa shape index (κ3) is 2.70. The Kier molecular flexibility index (Phi) is 3.87. The van der Waals surface area contributed by atoms with Crippen molar-refractivity contribution in [2.45, 2.75) is 26.8 Å². The number of aromatic nitrogens is 4. The number of aliphatic hydroxyl groups is 1. The Morgan fingerprint density at radius 3 is 2.87 bits per heavy atom. The molecule has 0 aliphatic heterocycles. The van der Waals surface area contributed by atoms with Crippen LogP contribution in [0, 0.1) is 13.8 Å². The molecular weight excluding hydrogens is 294 g/mol. The molecule has 2 aromatic heterocycles. The molecule has 7 heteroatoms. The van der Waals surface area contributed by atoms with Gasteiger partial charge in [0.25, 0.3) is 0 Å². The number of aliphatic hydroxyl groups excluding tert-OH is 1. The fraction of sp³-hybridized carbons (Fsp3) is 0.312. The van der Waals surface area contributed by atoms with Gasteiger partial charge in [-0.25, -0.2) is 9.67 Å². The standard InChI is InChI=1S/C16H19N5O2/c1-9-10(2)18-15-11(9)4-3-5-12(15)16-19-14(8-13(17)23)20-21(16)6-7-22/h3-5,18,22H,6-8H2,1-2H3,(H2,17,23). The zero-order valence-corrected chi connectivity index (χ0v) is 13.1. The number of H-pyrrole nitrogens is 1. The quantitative estimate of drug-likeness (QED) is 0.654. The molecule has 0 saturated carbocycles. The topological polar surface area (TPSA) is 110 Å². The number of para-hydroxylation sites is 1. The molecule has 4 N–H and O–H groups in total. The second-order valence-electron chi connectivity index (χ2n) is 5.54. The largest absolute Gasteiger partial charge is 0.394 e. The van der Waals surface area contributed by atoms with E-state index in [1.807, 2.05) is 19.1 Å². The lowest BCUT2D eigenvalue weighted by atomic mass is 10.1. The number of benzene rings is 1. The third-order valence-electron chi connectivity index (χ3n) is 3.94. The highest BCUT2D eigenvalue weighted by atomic mass is 16.3. The van der Waals surface area contributed by atoms with Crippen LogP contribution in [0.25, 0.3) is 22.3 Å². The number of carbonyl (C=O) groups is 1. The summed E-state index contributed by atoms with van der Waals surface area (Å²) in [4.78, 5) is 18.9. The van der Waals surface area contributed by atoms with Crippen molar-refractivity contribution in [3.8, 4) is 11.4 Å². The first-order chi connectivity index (χ1) is 11.0. The van der Waals surface area contributed by atoms with Crippen molar-refractivity contribution in [3.05, 3.63) is 35.3 Å². The summed E-state index contributed by atoms with van der Waals surface area (Å²) in [7, 11) is 0. The summed E-state index contributed by atoms with van der Waals surface area (Å²) in [5, 5.41) is 14.7. The smallest absolute Gasteiger partial charge is 0.225 e. The molecule has 0 radical (unpaired) electrons. The summed E-state index contributed by atoms with van der Waals surface area (Å²) in [6, 6.07) is 5.96. The third-order valence-corrected chi connectivity index (χ3v) is 3.94. The number of nitrogens with one attached hydrogen (secondary N) is 1. The number of nitrogens with two attached hydrogens (primary N) is 1. The van der Waals surface area contributed by atoms with Crippen LogP contribution in [0.1, 0.15) is 17.1 Å². The number of aryl methyl sites for hydroxylation is 2. The first-order valence-corrected chi connectivity index (χ1v) is 7.42. The van der Waals surface area contributed by atoms with Gasteiger partial charge in [0.1, 0.15) is 0 Å². The maximum Gasteiger partial charge on any atom is 0.225 e. The first-order valence-electron chi connectivity index (χ1n) is 7.42. The average molecular weight is 313 g/mol. The van der Waals surface area contributed by atoms with Gasteiger partial charge in [-0.1, -0.05) is 12.1 Å². The van der Waals surface area contributed by atoms with Crippen LogP contribution >= 0.6 is 0 Å².